The van der Waals surface area contributed by atoms with Crippen LogP contribution in [0.4, 0.5) is 10.1 Å². The average Bonchev–Trinajstić information content (AvgIpc) is 2.62. The van der Waals surface area contributed by atoms with E-state index < -0.39 is 5.82 Å². The molecule has 0 radical (unpaired) electrons. The summed E-state index contributed by atoms with van der Waals surface area (Å²) in [5.74, 6) is -0.847. The second-order valence-corrected chi connectivity index (χ2v) is 6.17. The summed E-state index contributed by atoms with van der Waals surface area (Å²) in [7, 11) is 0. The Hall–Kier alpha value is -1.20. The summed E-state index contributed by atoms with van der Waals surface area (Å²) in [5, 5.41) is 0. The van der Waals surface area contributed by atoms with Crippen LogP contribution < -0.4 is 5.73 Å². The molecule has 1 heterocycles. The highest BCUT2D eigenvalue weighted by molar-refractivity contribution is 9.10. The van der Waals surface area contributed by atoms with Gasteiger partial charge in [-0.3, -0.25) is 4.79 Å². The van der Waals surface area contributed by atoms with Crippen LogP contribution >= 0.6 is 27.3 Å². The number of thiophene rings is 1. The van der Waals surface area contributed by atoms with Crippen LogP contribution in [0.3, 0.4) is 0 Å². The predicted octanol–water partition coefficient (Wildman–Crippen LogP) is 4.08. The molecule has 0 unspecified atom stereocenters. The van der Waals surface area contributed by atoms with Crippen molar-refractivity contribution in [1.29, 1.82) is 0 Å². The van der Waals surface area contributed by atoms with E-state index in [0.29, 0.717) is 20.6 Å². The van der Waals surface area contributed by atoms with Gasteiger partial charge in [-0.15, -0.1) is 11.3 Å². The first-order valence-electron chi connectivity index (χ1n) is 5.26. The minimum absolute atomic E-state index is 0.0232. The number of carbonyl (C=O) groups is 1. The van der Waals surface area contributed by atoms with Crippen molar-refractivity contribution >= 4 is 38.7 Å². The lowest BCUT2D eigenvalue weighted by atomic mass is 10.0. The number of anilines is 1. The molecule has 0 aliphatic heterocycles. The molecule has 0 aliphatic carbocycles. The molecule has 0 saturated carbocycles. The van der Waals surface area contributed by atoms with Crippen molar-refractivity contribution in [2.24, 2.45) is 0 Å². The number of nitrogen functional groups attached to an aromatic ring is 1. The minimum atomic E-state index is -0.507. The highest BCUT2D eigenvalue weighted by Gasteiger charge is 2.20. The van der Waals surface area contributed by atoms with E-state index in [1.54, 1.807) is 6.92 Å². The van der Waals surface area contributed by atoms with Gasteiger partial charge in [-0.2, -0.15) is 0 Å². The first-order valence-corrected chi connectivity index (χ1v) is 6.87. The van der Waals surface area contributed by atoms with Gasteiger partial charge in [0.25, 0.3) is 0 Å². The van der Waals surface area contributed by atoms with Crippen molar-refractivity contribution in [3.63, 3.8) is 0 Å². The lowest BCUT2D eigenvalue weighted by Gasteiger charge is -2.06. The zero-order valence-corrected chi connectivity index (χ0v) is 12.3. The van der Waals surface area contributed by atoms with Crippen LogP contribution in [0.5, 0.6) is 0 Å². The number of benzene rings is 1. The van der Waals surface area contributed by atoms with E-state index in [1.807, 2.05) is 13.0 Å². The number of carbonyl (C=O) groups excluding carboxylic acids is 1. The predicted molar refractivity (Wildman–Crippen MR) is 75.7 cm³/mol. The van der Waals surface area contributed by atoms with Crippen LogP contribution in [0.2, 0.25) is 0 Å². The fraction of sp³-hybridized carbons (Fsp3) is 0.154. The van der Waals surface area contributed by atoms with Crippen molar-refractivity contribution in [2.75, 3.05) is 5.73 Å². The Labute approximate surface area is 117 Å². The molecule has 2 nitrogen and oxygen atoms in total. The fourth-order valence-corrected chi connectivity index (χ4v) is 3.50. The van der Waals surface area contributed by atoms with Gasteiger partial charge in [0.15, 0.2) is 0 Å². The Morgan fingerprint density at radius 2 is 2.00 bits per heavy atom. The summed E-state index contributed by atoms with van der Waals surface area (Å²) < 4.78 is 14.7. The Morgan fingerprint density at radius 1 is 1.33 bits per heavy atom. The SMILES string of the molecule is Cc1cc(Br)c(C(=O)c2cc(N)cc(C)c2F)s1. The summed E-state index contributed by atoms with van der Waals surface area (Å²) in [6, 6.07) is 4.74. The molecule has 0 spiro atoms. The fourth-order valence-electron chi connectivity index (χ4n) is 1.72. The first-order chi connectivity index (χ1) is 8.40. The number of hydrogen-bond donors (Lipinski definition) is 1. The van der Waals surface area contributed by atoms with Crippen LogP contribution in [0, 0.1) is 19.7 Å². The Balaban J connectivity index is 2.56. The molecule has 0 fully saturated rings. The molecule has 18 heavy (non-hydrogen) atoms. The smallest absolute Gasteiger partial charge is 0.207 e. The molecule has 0 aliphatic rings. The van der Waals surface area contributed by atoms with E-state index in [2.05, 4.69) is 15.9 Å². The summed E-state index contributed by atoms with van der Waals surface area (Å²) in [5.41, 5.74) is 6.45. The lowest BCUT2D eigenvalue weighted by molar-refractivity contribution is 0.103. The molecule has 2 aromatic rings. The molecule has 0 amide bonds. The largest absolute Gasteiger partial charge is 0.399 e. The normalized spacial score (nSPS) is 10.7. The molecule has 1 aromatic heterocycles. The molecule has 2 rings (SSSR count). The highest BCUT2D eigenvalue weighted by atomic mass is 79.9. The van der Waals surface area contributed by atoms with Gasteiger partial charge in [-0.25, -0.2) is 4.39 Å². The lowest BCUT2D eigenvalue weighted by Crippen LogP contribution is -2.06. The van der Waals surface area contributed by atoms with Gasteiger partial charge in [-0.05, 0) is 53.5 Å². The van der Waals surface area contributed by atoms with Gasteiger partial charge in [0, 0.05) is 15.0 Å². The van der Waals surface area contributed by atoms with Crippen LogP contribution in [-0.2, 0) is 0 Å². The third-order valence-corrected chi connectivity index (χ3v) is 4.47. The maximum Gasteiger partial charge on any atom is 0.207 e. The molecule has 0 bridgehead atoms. The van der Waals surface area contributed by atoms with Crippen molar-refractivity contribution in [3.8, 4) is 0 Å². The summed E-state index contributed by atoms with van der Waals surface area (Å²) in [6.45, 7) is 3.49. The van der Waals surface area contributed by atoms with E-state index in [1.165, 1.54) is 23.5 Å². The second kappa shape index (κ2) is 4.82. The van der Waals surface area contributed by atoms with E-state index in [0.717, 1.165) is 4.88 Å². The van der Waals surface area contributed by atoms with Crippen LogP contribution in [0.25, 0.3) is 0 Å². The van der Waals surface area contributed by atoms with Gasteiger partial charge in [-0.1, -0.05) is 0 Å². The molecular formula is C13H11BrFNOS. The minimum Gasteiger partial charge on any atom is -0.399 e. The van der Waals surface area contributed by atoms with Gasteiger partial charge >= 0.3 is 0 Å². The average molecular weight is 328 g/mol. The zero-order valence-electron chi connectivity index (χ0n) is 9.88. The second-order valence-electron chi connectivity index (χ2n) is 4.06. The summed E-state index contributed by atoms with van der Waals surface area (Å²) >= 11 is 4.65. The number of ketones is 1. The zero-order chi connectivity index (χ0) is 13.4. The standard InChI is InChI=1S/C13H11BrFNOS/c1-6-3-8(16)5-9(11(6)15)12(17)13-10(14)4-7(2)18-13/h3-5H,16H2,1-2H3. The van der Waals surface area contributed by atoms with Gasteiger partial charge in [0.1, 0.15) is 5.82 Å². The Bertz CT molecular complexity index is 636. The van der Waals surface area contributed by atoms with Gasteiger partial charge in [0.05, 0.1) is 10.4 Å². The monoisotopic (exact) mass is 327 g/mol. The highest BCUT2D eigenvalue weighted by Crippen LogP contribution is 2.30. The van der Waals surface area contributed by atoms with Crippen molar-refractivity contribution in [1.82, 2.24) is 0 Å². The molecule has 5 heteroatoms. The molecule has 1 aromatic carbocycles. The van der Waals surface area contributed by atoms with Crippen molar-refractivity contribution in [2.45, 2.75) is 13.8 Å². The summed E-state index contributed by atoms with van der Waals surface area (Å²) in [6.07, 6.45) is 0. The van der Waals surface area contributed by atoms with Crippen LogP contribution in [0.1, 0.15) is 25.7 Å². The molecular weight excluding hydrogens is 317 g/mol. The number of hydrogen-bond acceptors (Lipinski definition) is 3. The molecule has 0 saturated heterocycles. The third kappa shape index (κ3) is 2.33. The van der Waals surface area contributed by atoms with Crippen molar-refractivity contribution in [3.05, 3.63) is 49.4 Å². The number of halogens is 2. The van der Waals surface area contributed by atoms with Crippen LogP contribution in [0.15, 0.2) is 22.7 Å². The molecule has 0 atom stereocenters. The Kier molecular flexibility index (Phi) is 3.54. The Morgan fingerprint density at radius 3 is 2.56 bits per heavy atom. The van der Waals surface area contributed by atoms with Crippen molar-refractivity contribution < 1.29 is 9.18 Å². The van der Waals surface area contributed by atoms with Gasteiger partial charge < -0.3 is 5.73 Å². The number of nitrogens with two attached hydrogens (primary N) is 1. The molecule has 94 valence electrons. The maximum absolute atomic E-state index is 14.0. The van der Waals surface area contributed by atoms with E-state index in [9.17, 15) is 9.18 Å². The van der Waals surface area contributed by atoms with E-state index in [4.69, 9.17) is 5.73 Å². The third-order valence-electron chi connectivity index (χ3n) is 2.54. The number of rotatable bonds is 2. The first kappa shape index (κ1) is 13.2. The van der Waals surface area contributed by atoms with E-state index in [-0.39, 0.29) is 11.3 Å². The van der Waals surface area contributed by atoms with Gasteiger partial charge in [0.2, 0.25) is 5.78 Å². The number of aryl methyl sites for hydroxylation is 2. The maximum atomic E-state index is 14.0. The quantitative estimate of drug-likeness (QED) is 0.667. The van der Waals surface area contributed by atoms with E-state index >= 15 is 0 Å². The molecule has 2 N–H and O–H groups in total. The topological polar surface area (TPSA) is 43.1 Å². The van der Waals surface area contributed by atoms with Crippen LogP contribution in [-0.4, -0.2) is 5.78 Å². The summed E-state index contributed by atoms with van der Waals surface area (Å²) in [4.78, 5) is 13.8.